The summed E-state index contributed by atoms with van der Waals surface area (Å²) >= 11 is 13.9. The van der Waals surface area contributed by atoms with Gasteiger partial charge in [0.05, 0.1) is 10.2 Å². The molecule has 0 bridgehead atoms. The minimum atomic E-state index is -0.532. The first-order chi connectivity index (χ1) is 5.65. The number of rotatable bonds is 1. The summed E-state index contributed by atoms with van der Waals surface area (Å²) in [5.41, 5.74) is 0.0967. The summed E-state index contributed by atoms with van der Waals surface area (Å²) < 4.78 is 12.9. The minimum Gasteiger partial charge on any atom is -0.205 e. The Balaban J connectivity index is 3.32. The lowest BCUT2D eigenvalue weighted by molar-refractivity contribution is 0.629. The zero-order valence-corrected chi connectivity index (χ0v) is 8.18. The van der Waals surface area contributed by atoms with E-state index in [9.17, 15) is 4.39 Å². The quantitative estimate of drug-likeness (QED) is 0.433. The molecule has 62 valence electrons. The molecule has 0 aliphatic rings. The summed E-state index contributed by atoms with van der Waals surface area (Å²) in [6.45, 7) is 0. The third-order valence-electron chi connectivity index (χ3n) is 1.18. The summed E-state index contributed by atoms with van der Waals surface area (Å²) in [5, 5.41) is 2.31. The third kappa shape index (κ3) is 2.05. The zero-order valence-electron chi connectivity index (χ0n) is 5.71. The fourth-order valence-electron chi connectivity index (χ4n) is 0.661. The highest BCUT2D eigenvalue weighted by molar-refractivity contribution is 7.80. The van der Waals surface area contributed by atoms with Gasteiger partial charge < -0.3 is 0 Å². The number of aliphatic imine (C=N–C) groups is 1. The van der Waals surface area contributed by atoms with Crippen molar-refractivity contribution < 1.29 is 4.39 Å². The Labute approximate surface area is 84.7 Å². The number of thiocarbonyl (C=S) groups is 1. The zero-order chi connectivity index (χ0) is 9.14. The molecule has 0 aliphatic heterocycles. The van der Waals surface area contributed by atoms with Gasteiger partial charge in [0.1, 0.15) is 5.69 Å². The van der Waals surface area contributed by atoms with E-state index >= 15 is 0 Å². The van der Waals surface area contributed by atoms with Crippen LogP contribution in [0.1, 0.15) is 0 Å². The molecule has 0 N–H and O–H groups in total. The molecular weight excluding hydrogens is 217 g/mol. The highest BCUT2D eigenvalue weighted by atomic mass is 35.5. The largest absolute Gasteiger partial charge is 0.205 e. The van der Waals surface area contributed by atoms with Gasteiger partial charge in [-0.3, -0.25) is 0 Å². The van der Waals surface area contributed by atoms with E-state index < -0.39 is 5.82 Å². The van der Waals surface area contributed by atoms with Gasteiger partial charge in [-0.25, -0.2) is 4.39 Å². The maximum absolute atomic E-state index is 12.9. The van der Waals surface area contributed by atoms with Gasteiger partial charge in [0, 0.05) is 4.90 Å². The maximum atomic E-state index is 12.9. The van der Waals surface area contributed by atoms with Crippen molar-refractivity contribution in [2.24, 2.45) is 4.99 Å². The Bertz CT molecular complexity index is 361. The predicted molar refractivity (Wildman–Crippen MR) is 53.3 cm³/mol. The van der Waals surface area contributed by atoms with Gasteiger partial charge >= 0.3 is 0 Å². The van der Waals surface area contributed by atoms with Crippen LogP contribution in [0, 0.1) is 5.82 Å². The highest BCUT2D eigenvalue weighted by Crippen LogP contribution is 2.28. The molecule has 0 amide bonds. The van der Waals surface area contributed by atoms with Crippen LogP contribution in [0.25, 0.3) is 0 Å². The van der Waals surface area contributed by atoms with Gasteiger partial charge in [0.25, 0.3) is 0 Å². The normalized spacial score (nSPS) is 9.25. The number of hydrogen-bond acceptors (Lipinski definition) is 3. The van der Waals surface area contributed by atoms with Crippen molar-refractivity contribution in [2.45, 2.75) is 4.90 Å². The van der Waals surface area contributed by atoms with Crippen LogP contribution in [0.4, 0.5) is 10.1 Å². The summed E-state index contributed by atoms with van der Waals surface area (Å²) in [4.78, 5) is 3.95. The Kier molecular flexibility index (Phi) is 3.23. The summed E-state index contributed by atoms with van der Waals surface area (Å²) in [5.74, 6) is -0.532. The van der Waals surface area contributed by atoms with Crippen LogP contribution in [-0.4, -0.2) is 5.16 Å². The standard InChI is InChI=1S/C7H3ClFNS2/c8-4-1-5(9)6(10-3-11)2-7(4)12/h1-2,12H. The van der Waals surface area contributed by atoms with E-state index in [0.29, 0.717) is 4.90 Å². The van der Waals surface area contributed by atoms with Crippen molar-refractivity contribution in [1.82, 2.24) is 0 Å². The number of nitrogens with zero attached hydrogens (tertiary/aromatic N) is 1. The van der Waals surface area contributed by atoms with Crippen LogP contribution < -0.4 is 0 Å². The molecular formula is C7H3ClFNS2. The first kappa shape index (κ1) is 9.68. The average Bonchev–Trinajstić information content (AvgIpc) is 2.01. The summed E-state index contributed by atoms with van der Waals surface area (Å²) in [6, 6.07) is 2.52. The van der Waals surface area contributed by atoms with Gasteiger partial charge in [-0.1, -0.05) is 11.6 Å². The Morgan fingerprint density at radius 2 is 2.25 bits per heavy atom. The van der Waals surface area contributed by atoms with E-state index in [1.165, 1.54) is 6.07 Å². The lowest BCUT2D eigenvalue weighted by atomic mass is 10.3. The second-order valence-electron chi connectivity index (χ2n) is 1.96. The monoisotopic (exact) mass is 219 g/mol. The number of isothiocyanates is 1. The molecule has 12 heavy (non-hydrogen) atoms. The highest BCUT2D eigenvalue weighted by Gasteiger charge is 2.04. The minimum absolute atomic E-state index is 0.0967. The molecule has 0 atom stereocenters. The molecule has 5 heteroatoms. The number of thiol groups is 1. The predicted octanol–water partition coefficient (Wildman–Crippen LogP) is 3.50. The molecule has 0 aliphatic carbocycles. The Morgan fingerprint density at radius 1 is 1.58 bits per heavy atom. The van der Waals surface area contributed by atoms with Crippen LogP contribution >= 0.6 is 36.4 Å². The first-order valence-electron chi connectivity index (χ1n) is 2.91. The van der Waals surface area contributed by atoms with Crippen LogP contribution in [0.3, 0.4) is 0 Å². The smallest absolute Gasteiger partial charge is 0.151 e. The van der Waals surface area contributed by atoms with Crippen molar-refractivity contribution in [3.05, 3.63) is 23.0 Å². The average molecular weight is 220 g/mol. The Morgan fingerprint density at radius 3 is 2.83 bits per heavy atom. The lowest BCUT2D eigenvalue weighted by Gasteiger charge is -1.98. The molecule has 1 aromatic rings. The summed E-state index contributed by atoms with van der Waals surface area (Å²) in [6.07, 6.45) is 0. The number of hydrogen-bond donors (Lipinski definition) is 1. The van der Waals surface area contributed by atoms with Gasteiger partial charge in [-0.2, -0.15) is 4.99 Å². The molecule has 0 saturated carbocycles. The molecule has 0 heterocycles. The van der Waals surface area contributed by atoms with E-state index in [4.69, 9.17) is 11.6 Å². The molecule has 0 fully saturated rings. The second-order valence-corrected chi connectivity index (χ2v) is 3.03. The van der Waals surface area contributed by atoms with Crippen molar-refractivity contribution in [1.29, 1.82) is 0 Å². The number of halogens is 2. The second kappa shape index (κ2) is 4.01. The van der Waals surface area contributed by atoms with Crippen molar-refractivity contribution in [3.63, 3.8) is 0 Å². The first-order valence-corrected chi connectivity index (χ1v) is 4.14. The van der Waals surface area contributed by atoms with Gasteiger partial charge in [-0.15, -0.1) is 12.6 Å². The van der Waals surface area contributed by atoms with Crippen LogP contribution in [0.5, 0.6) is 0 Å². The van der Waals surface area contributed by atoms with Crippen molar-refractivity contribution in [2.75, 3.05) is 0 Å². The van der Waals surface area contributed by atoms with Crippen LogP contribution in [0.2, 0.25) is 5.02 Å². The molecule has 0 radical (unpaired) electrons. The molecule has 0 spiro atoms. The van der Waals surface area contributed by atoms with E-state index in [1.54, 1.807) is 0 Å². The Hall–Kier alpha value is -0.410. The lowest BCUT2D eigenvalue weighted by Crippen LogP contribution is -1.77. The van der Waals surface area contributed by atoms with Crippen molar-refractivity contribution in [3.8, 4) is 0 Å². The molecule has 0 aromatic heterocycles. The number of benzene rings is 1. The maximum Gasteiger partial charge on any atom is 0.151 e. The van der Waals surface area contributed by atoms with Gasteiger partial charge in [0.15, 0.2) is 5.82 Å². The molecule has 1 rings (SSSR count). The van der Waals surface area contributed by atoms with Gasteiger partial charge in [0.2, 0.25) is 0 Å². The molecule has 1 nitrogen and oxygen atoms in total. The van der Waals surface area contributed by atoms with Gasteiger partial charge in [-0.05, 0) is 24.4 Å². The fourth-order valence-corrected chi connectivity index (χ4v) is 1.10. The molecule has 0 unspecified atom stereocenters. The molecule has 1 aromatic carbocycles. The SMILES string of the molecule is Fc1cc(Cl)c(S)cc1N=C=S. The fraction of sp³-hybridized carbons (Fsp3) is 0. The van der Waals surface area contributed by atoms with Crippen molar-refractivity contribution >= 4 is 47.3 Å². The van der Waals surface area contributed by atoms with E-state index in [2.05, 4.69) is 35.0 Å². The topological polar surface area (TPSA) is 12.4 Å². The van der Waals surface area contributed by atoms with Crippen LogP contribution in [0.15, 0.2) is 22.0 Å². The van der Waals surface area contributed by atoms with E-state index in [1.807, 2.05) is 0 Å². The van der Waals surface area contributed by atoms with E-state index in [0.717, 1.165) is 6.07 Å². The third-order valence-corrected chi connectivity index (χ3v) is 2.09. The summed E-state index contributed by atoms with van der Waals surface area (Å²) in [7, 11) is 0. The molecule has 0 saturated heterocycles. The van der Waals surface area contributed by atoms with E-state index in [-0.39, 0.29) is 10.7 Å². The van der Waals surface area contributed by atoms with Crippen LogP contribution in [-0.2, 0) is 0 Å².